The van der Waals surface area contributed by atoms with Crippen LogP contribution in [0.1, 0.15) is 5.69 Å². The average molecular weight is 235 g/mol. The molecule has 2 heterocycles. The summed E-state index contributed by atoms with van der Waals surface area (Å²) in [6.45, 7) is 0. The number of pyridine rings is 1. The highest BCUT2D eigenvalue weighted by molar-refractivity contribution is 7.80. The van der Waals surface area contributed by atoms with Crippen molar-refractivity contribution in [3.63, 3.8) is 0 Å². The lowest BCUT2D eigenvalue weighted by Crippen LogP contribution is -2.11. The topological polar surface area (TPSA) is 50.9 Å². The highest BCUT2D eigenvalue weighted by Gasteiger charge is 2.00. The normalized spacial score (nSPS) is 9.87. The number of aromatic nitrogens is 1. The van der Waals surface area contributed by atoms with E-state index in [-0.39, 0.29) is 0 Å². The Labute approximate surface area is 97.0 Å². The third kappa shape index (κ3) is 2.51. The Morgan fingerprint density at radius 3 is 2.93 bits per heavy atom. The molecule has 0 atom stereocenters. The summed E-state index contributed by atoms with van der Waals surface area (Å²) in [6, 6.07) is 5.71. The van der Waals surface area contributed by atoms with Gasteiger partial charge < -0.3 is 11.1 Å². The van der Waals surface area contributed by atoms with Gasteiger partial charge >= 0.3 is 0 Å². The minimum Gasteiger partial charge on any atom is -0.388 e. The maximum atomic E-state index is 5.50. The van der Waals surface area contributed by atoms with Gasteiger partial charge in [0.15, 0.2) is 0 Å². The molecule has 2 aromatic rings. The van der Waals surface area contributed by atoms with Crippen LogP contribution >= 0.6 is 23.6 Å². The largest absolute Gasteiger partial charge is 0.388 e. The smallest absolute Gasteiger partial charge is 0.122 e. The zero-order valence-corrected chi connectivity index (χ0v) is 9.44. The van der Waals surface area contributed by atoms with Crippen LogP contribution in [0, 0.1) is 0 Å². The molecular formula is C10H9N3S2. The Hall–Kier alpha value is -1.46. The van der Waals surface area contributed by atoms with Crippen molar-refractivity contribution < 1.29 is 0 Å². The van der Waals surface area contributed by atoms with Crippen LogP contribution in [-0.2, 0) is 0 Å². The van der Waals surface area contributed by atoms with Gasteiger partial charge in [0.25, 0.3) is 0 Å². The van der Waals surface area contributed by atoms with E-state index in [0.29, 0.717) is 10.7 Å². The first-order valence-corrected chi connectivity index (χ1v) is 5.66. The summed E-state index contributed by atoms with van der Waals surface area (Å²) in [4.78, 5) is 4.37. The Balaban J connectivity index is 2.22. The van der Waals surface area contributed by atoms with Gasteiger partial charge in [-0.3, -0.25) is 4.98 Å². The number of nitrogens with one attached hydrogen (secondary N) is 1. The Morgan fingerprint density at radius 1 is 1.40 bits per heavy atom. The van der Waals surface area contributed by atoms with E-state index in [1.165, 1.54) is 0 Å². The minimum absolute atomic E-state index is 0.309. The standard InChI is InChI=1S/C10H9N3S2/c11-10(14)9-5-7(1-3-12-9)13-8-2-4-15-6-8/h1-6H,(H2,11,14)(H,12,13). The van der Waals surface area contributed by atoms with Gasteiger partial charge in [-0.2, -0.15) is 11.3 Å². The van der Waals surface area contributed by atoms with Crippen molar-refractivity contribution in [1.29, 1.82) is 0 Å². The molecule has 15 heavy (non-hydrogen) atoms. The minimum atomic E-state index is 0.309. The molecule has 0 saturated heterocycles. The van der Waals surface area contributed by atoms with E-state index in [1.54, 1.807) is 17.5 Å². The first-order chi connectivity index (χ1) is 7.25. The summed E-state index contributed by atoms with van der Waals surface area (Å²) < 4.78 is 0. The second-order valence-corrected chi connectivity index (χ2v) is 4.15. The number of thiocarbonyl (C=S) groups is 1. The Bertz CT molecular complexity index is 465. The van der Waals surface area contributed by atoms with Gasteiger partial charge in [0, 0.05) is 23.0 Å². The molecule has 0 bridgehead atoms. The van der Waals surface area contributed by atoms with Gasteiger partial charge in [-0.25, -0.2) is 0 Å². The van der Waals surface area contributed by atoms with E-state index >= 15 is 0 Å². The van der Waals surface area contributed by atoms with Crippen molar-refractivity contribution in [3.8, 4) is 0 Å². The molecule has 0 aromatic carbocycles. The third-order valence-electron chi connectivity index (χ3n) is 1.82. The number of anilines is 2. The molecule has 0 spiro atoms. The van der Waals surface area contributed by atoms with Crippen molar-refractivity contribution in [2.24, 2.45) is 5.73 Å². The van der Waals surface area contributed by atoms with Crippen LogP contribution in [0.2, 0.25) is 0 Å². The fraction of sp³-hybridized carbons (Fsp3) is 0. The van der Waals surface area contributed by atoms with E-state index in [2.05, 4.69) is 10.3 Å². The van der Waals surface area contributed by atoms with Crippen LogP contribution in [0.15, 0.2) is 35.2 Å². The lowest BCUT2D eigenvalue weighted by molar-refractivity contribution is 1.29. The monoisotopic (exact) mass is 235 g/mol. The average Bonchev–Trinajstić information content (AvgIpc) is 2.71. The fourth-order valence-corrected chi connectivity index (χ4v) is 1.84. The molecule has 5 heteroatoms. The number of nitrogens with zero attached hydrogens (tertiary/aromatic N) is 1. The van der Waals surface area contributed by atoms with Crippen LogP contribution in [0.4, 0.5) is 11.4 Å². The predicted molar refractivity (Wildman–Crippen MR) is 67.7 cm³/mol. The number of thiophene rings is 1. The molecule has 0 fully saturated rings. The van der Waals surface area contributed by atoms with E-state index < -0.39 is 0 Å². The molecule has 76 valence electrons. The van der Waals surface area contributed by atoms with Crippen molar-refractivity contribution in [1.82, 2.24) is 4.98 Å². The lowest BCUT2D eigenvalue weighted by Gasteiger charge is -2.04. The molecule has 0 aliphatic heterocycles. The summed E-state index contributed by atoms with van der Waals surface area (Å²) in [5.74, 6) is 0. The molecule has 2 rings (SSSR count). The first kappa shape index (κ1) is 10.1. The van der Waals surface area contributed by atoms with Crippen LogP contribution in [0.25, 0.3) is 0 Å². The van der Waals surface area contributed by atoms with Gasteiger partial charge in [-0.15, -0.1) is 0 Å². The summed E-state index contributed by atoms with van der Waals surface area (Å²) in [6.07, 6.45) is 1.68. The van der Waals surface area contributed by atoms with E-state index in [1.807, 2.05) is 29.0 Å². The summed E-state index contributed by atoms with van der Waals surface area (Å²) in [5, 5.41) is 7.27. The van der Waals surface area contributed by atoms with Crippen LogP contribution in [0.5, 0.6) is 0 Å². The van der Waals surface area contributed by atoms with E-state index in [4.69, 9.17) is 18.0 Å². The number of rotatable bonds is 3. The zero-order chi connectivity index (χ0) is 10.7. The van der Waals surface area contributed by atoms with Crippen LogP contribution in [-0.4, -0.2) is 9.97 Å². The lowest BCUT2D eigenvalue weighted by atomic mass is 10.3. The second kappa shape index (κ2) is 4.37. The molecule has 3 N–H and O–H groups in total. The van der Waals surface area contributed by atoms with Crippen molar-refractivity contribution in [3.05, 3.63) is 40.8 Å². The van der Waals surface area contributed by atoms with Gasteiger partial charge in [-0.05, 0) is 23.6 Å². The van der Waals surface area contributed by atoms with Gasteiger partial charge in [-0.1, -0.05) is 12.2 Å². The number of nitrogens with two attached hydrogens (primary N) is 1. The fourth-order valence-electron chi connectivity index (χ4n) is 1.15. The molecule has 0 aliphatic rings. The molecular weight excluding hydrogens is 226 g/mol. The summed E-state index contributed by atoms with van der Waals surface area (Å²) >= 11 is 6.50. The van der Waals surface area contributed by atoms with Gasteiger partial charge in [0.2, 0.25) is 0 Å². The highest BCUT2D eigenvalue weighted by atomic mass is 32.1. The molecule has 0 amide bonds. The number of hydrogen-bond donors (Lipinski definition) is 2. The summed E-state index contributed by atoms with van der Waals surface area (Å²) in [5.41, 5.74) is 8.12. The highest BCUT2D eigenvalue weighted by Crippen LogP contribution is 2.18. The molecule has 0 saturated carbocycles. The maximum Gasteiger partial charge on any atom is 0.122 e. The second-order valence-electron chi connectivity index (χ2n) is 2.93. The first-order valence-electron chi connectivity index (χ1n) is 4.31. The van der Waals surface area contributed by atoms with E-state index in [0.717, 1.165) is 11.4 Å². The summed E-state index contributed by atoms with van der Waals surface area (Å²) in [7, 11) is 0. The maximum absolute atomic E-state index is 5.50. The molecule has 0 unspecified atom stereocenters. The SMILES string of the molecule is NC(=S)c1cc(Nc2ccsc2)ccn1. The van der Waals surface area contributed by atoms with Crippen molar-refractivity contribution in [2.45, 2.75) is 0 Å². The Morgan fingerprint density at radius 2 is 2.27 bits per heavy atom. The van der Waals surface area contributed by atoms with Gasteiger partial charge in [0.1, 0.15) is 4.99 Å². The molecule has 0 radical (unpaired) electrons. The van der Waals surface area contributed by atoms with Crippen molar-refractivity contribution in [2.75, 3.05) is 5.32 Å². The van der Waals surface area contributed by atoms with Gasteiger partial charge in [0.05, 0.1) is 5.69 Å². The molecule has 2 aromatic heterocycles. The molecule has 0 aliphatic carbocycles. The third-order valence-corrected chi connectivity index (χ3v) is 2.71. The zero-order valence-electron chi connectivity index (χ0n) is 7.81. The van der Waals surface area contributed by atoms with Crippen LogP contribution in [0.3, 0.4) is 0 Å². The van der Waals surface area contributed by atoms with E-state index in [9.17, 15) is 0 Å². The molecule has 3 nitrogen and oxygen atoms in total. The Kier molecular flexibility index (Phi) is 2.94. The predicted octanol–water partition coefficient (Wildman–Crippen LogP) is 2.52. The van der Waals surface area contributed by atoms with Crippen molar-refractivity contribution >= 4 is 39.9 Å². The quantitative estimate of drug-likeness (QED) is 0.803. The van der Waals surface area contributed by atoms with Crippen LogP contribution < -0.4 is 11.1 Å². The number of hydrogen-bond acceptors (Lipinski definition) is 4.